The summed E-state index contributed by atoms with van der Waals surface area (Å²) in [7, 11) is 0. The zero-order valence-corrected chi connectivity index (χ0v) is 12.7. The lowest BCUT2D eigenvalue weighted by molar-refractivity contribution is -0.124. The second-order valence-corrected chi connectivity index (χ2v) is 5.65. The van der Waals surface area contributed by atoms with Crippen molar-refractivity contribution in [1.82, 2.24) is 4.90 Å². The molecular weight excluding hydrogens is 252 g/mol. The second-order valence-electron chi connectivity index (χ2n) is 5.65. The van der Waals surface area contributed by atoms with E-state index in [4.69, 9.17) is 5.11 Å². The fourth-order valence-corrected chi connectivity index (χ4v) is 2.10. The molecule has 2 N–H and O–H groups in total. The van der Waals surface area contributed by atoms with Crippen LogP contribution in [0.2, 0.25) is 0 Å². The van der Waals surface area contributed by atoms with E-state index in [1.165, 1.54) is 0 Å². The highest BCUT2D eigenvalue weighted by molar-refractivity contribution is 5.94. The summed E-state index contributed by atoms with van der Waals surface area (Å²) in [4.78, 5) is 14.6. The summed E-state index contributed by atoms with van der Waals surface area (Å²) in [5.74, 6) is 0.0196. The molecule has 1 aromatic carbocycles. The van der Waals surface area contributed by atoms with Crippen LogP contribution < -0.4 is 5.32 Å². The van der Waals surface area contributed by atoms with E-state index < -0.39 is 5.41 Å². The van der Waals surface area contributed by atoms with Crippen LogP contribution in [0.1, 0.15) is 27.2 Å². The molecular formula is C16H26N2O2. The molecule has 20 heavy (non-hydrogen) atoms. The summed E-state index contributed by atoms with van der Waals surface area (Å²) in [6.45, 7) is 8.54. The Morgan fingerprint density at radius 3 is 2.50 bits per heavy atom. The van der Waals surface area contributed by atoms with Crippen LogP contribution in [0.4, 0.5) is 5.69 Å². The predicted molar refractivity (Wildman–Crippen MR) is 82.7 cm³/mol. The van der Waals surface area contributed by atoms with Gasteiger partial charge in [-0.05, 0) is 38.9 Å². The molecule has 0 aliphatic carbocycles. The molecule has 0 heterocycles. The first kappa shape index (κ1) is 16.7. The number of amides is 1. The van der Waals surface area contributed by atoms with Crippen LogP contribution in [0.5, 0.6) is 0 Å². The number of hydrogen-bond acceptors (Lipinski definition) is 3. The summed E-state index contributed by atoms with van der Waals surface area (Å²) in [6, 6.07) is 9.51. The van der Waals surface area contributed by atoms with Gasteiger partial charge in [-0.1, -0.05) is 25.1 Å². The molecule has 0 unspecified atom stereocenters. The fourth-order valence-electron chi connectivity index (χ4n) is 2.10. The lowest BCUT2D eigenvalue weighted by Gasteiger charge is -2.31. The van der Waals surface area contributed by atoms with Gasteiger partial charge >= 0.3 is 0 Å². The van der Waals surface area contributed by atoms with Gasteiger partial charge in [0, 0.05) is 25.4 Å². The van der Waals surface area contributed by atoms with Crippen LogP contribution in [0.15, 0.2) is 30.3 Å². The van der Waals surface area contributed by atoms with E-state index in [-0.39, 0.29) is 12.5 Å². The number of carbonyl (C=O) groups is 1. The van der Waals surface area contributed by atoms with Gasteiger partial charge in [0.25, 0.3) is 0 Å². The summed E-state index contributed by atoms with van der Waals surface area (Å²) < 4.78 is 0. The third-order valence-corrected chi connectivity index (χ3v) is 3.34. The molecule has 0 saturated heterocycles. The van der Waals surface area contributed by atoms with Crippen LogP contribution >= 0.6 is 0 Å². The van der Waals surface area contributed by atoms with E-state index in [0.29, 0.717) is 6.54 Å². The van der Waals surface area contributed by atoms with Crippen LogP contribution in [-0.2, 0) is 4.79 Å². The van der Waals surface area contributed by atoms with Crippen LogP contribution in [0.25, 0.3) is 0 Å². The standard InChI is InChI=1S/C16H26N2O2/c1-4-18(11-8-12-19)13-16(2,3)15(20)17-14-9-6-5-7-10-14/h5-7,9-10,19H,4,8,11-13H2,1-3H3,(H,17,20). The van der Waals surface area contributed by atoms with E-state index in [1.54, 1.807) is 0 Å². The highest BCUT2D eigenvalue weighted by atomic mass is 16.3. The maximum atomic E-state index is 12.4. The smallest absolute Gasteiger partial charge is 0.231 e. The maximum Gasteiger partial charge on any atom is 0.231 e. The average molecular weight is 278 g/mol. The van der Waals surface area contributed by atoms with E-state index in [9.17, 15) is 4.79 Å². The van der Waals surface area contributed by atoms with Gasteiger partial charge in [0.15, 0.2) is 0 Å². The third-order valence-electron chi connectivity index (χ3n) is 3.34. The number of nitrogens with one attached hydrogen (secondary N) is 1. The summed E-state index contributed by atoms with van der Waals surface area (Å²) in [6.07, 6.45) is 0.740. The Balaban J connectivity index is 2.59. The van der Waals surface area contributed by atoms with Crippen molar-refractivity contribution in [2.24, 2.45) is 5.41 Å². The van der Waals surface area contributed by atoms with E-state index in [1.807, 2.05) is 44.2 Å². The minimum absolute atomic E-state index is 0.0196. The maximum absolute atomic E-state index is 12.4. The van der Waals surface area contributed by atoms with Gasteiger partial charge in [-0.3, -0.25) is 4.79 Å². The Labute approximate surface area is 121 Å². The minimum atomic E-state index is -0.471. The Morgan fingerprint density at radius 2 is 1.95 bits per heavy atom. The van der Waals surface area contributed by atoms with Crippen molar-refractivity contribution in [2.75, 3.05) is 31.6 Å². The quantitative estimate of drug-likeness (QED) is 0.767. The number of anilines is 1. The number of para-hydroxylation sites is 1. The first-order valence-electron chi connectivity index (χ1n) is 7.19. The van der Waals surface area contributed by atoms with Gasteiger partial charge < -0.3 is 15.3 Å². The molecule has 4 heteroatoms. The van der Waals surface area contributed by atoms with Crippen LogP contribution in [0.3, 0.4) is 0 Å². The fraction of sp³-hybridized carbons (Fsp3) is 0.562. The zero-order chi connectivity index (χ0) is 15.0. The molecule has 1 aromatic rings. The molecule has 1 rings (SSSR count). The summed E-state index contributed by atoms with van der Waals surface area (Å²) >= 11 is 0. The minimum Gasteiger partial charge on any atom is -0.396 e. The Morgan fingerprint density at radius 1 is 1.30 bits per heavy atom. The lowest BCUT2D eigenvalue weighted by atomic mass is 9.91. The topological polar surface area (TPSA) is 52.6 Å². The number of aliphatic hydroxyl groups is 1. The van der Waals surface area contributed by atoms with Gasteiger partial charge in [0.05, 0.1) is 5.41 Å². The normalized spacial score (nSPS) is 11.7. The van der Waals surface area contributed by atoms with Crippen molar-refractivity contribution >= 4 is 11.6 Å². The van der Waals surface area contributed by atoms with E-state index >= 15 is 0 Å². The van der Waals surface area contributed by atoms with Crippen molar-refractivity contribution < 1.29 is 9.90 Å². The highest BCUT2D eigenvalue weighted by Crippen LogP contribution is 2.20. The molecule has 0 radical (unpaired) electrons. The summed E-state index contributed by atoms with van der Waals surface area (Å²) in [5, 5.41) is 11.9. The van der Waals surface area contributed by atoms with Crippen LogP contribution in [-0.4, -0.2) is 42.2 Å². The SMILES string of the molecule is CCN(CCCO)CC(C)(C)C(=O)Nc1ccccc1. The molecule has 0 saturated carbocycles. The van der Waals surface area contributed by atoms with Gasteiger partial charge in [-0.2, -0.15) is 0 Å². The van der Waals surface area contributed by atoms with Crippen molar-refractivity contribution in [3.63, 3.8) is 0 Å². The molecule has 0 bridgehead atoms. The molecule has 0 spiro atoms. The lowest BCUT2D eigenvalue weighted by Crippen LogP contribution is -2.42. The first-order chi connectivity index (χ1) is 9.49. The van der Waals surface area contributed by atoms with Crippen molar-refractivity contribution in [1.29, 1.82) is 0 Å². The molecule has 0 aliphatic heterocycles. The molecule has 4 nitrogen and oxygen atoms in total. The third kappa shape index (κ3) is 5.31. The molecule has 1 amide bonds. The molecule has 0 fully saturated rings. The van der Waals surface area contributed by atoms with Crippen molar-refractivity contribution in [2.45, 2.75) is 27.2 Å². The first-order valence-corrected chi connectivity index (χ1v) is 7.19. The Hall–Kier alpha value is -1.39. The van der Waals surface area contributed by atoms with Gasteiger partial charge in [-0.25, -0.2) is 0 Å². The molecule has 0 aliphatic rings. The van der Waals surface area contributed by atoms with Gasteiger partial charge in [-0.15, -0.1) is 0 Å². The number of rotatable bonds is 8. The summed E-state index contributed by atoms with van der Waals surface area (Å²) in [5.41, 5.74) is 0.352. The largest absolute Gasteiger partial charge is 0.396 e. The Bertz CT molecular complexity index is 404. The van der Waals surface area contributed by atoms with Gasteiger partial charge in [0.2, 0.25) is 5.91 Å². The predicted octanol–water partition coefficient (Wildman–Crippen LogP) is 2.36. The number of benzene rings is 1. The average Bonchev–Trinajstić information content (AvgIpc) is 2.44. The second kappa shape index (κ2) is 8.02. The zero-order valence-electron chi connectivity index (χ0n) is 12.7. The van der Waals surface area contributed by atoms with Crippen molar-refractivity contribution in [3.05, 3.63) is 30.3 Å². The van der Waals surface area contributed by atoms with E-state index in [2.05, 4.69) is 17.1 Å². The monoisotopic (exact) mass is 278 g/mol. The molecule has 0 aromatic heterocycles. The Kier molecular flexibility index (Phi) is 6.68. The number of hydrogen-bond donors (Lipinski definition) is 2. The highest BCUT2D eigenvalue weighted by Gasteiger charge is 2.29. The molecule has 112 valence electrons. The number of nitrogens with zero attached hydrogens (tertiary/aromatic N) is 1. The van der Waals surface area contributed by atoms with Crippen molar-refractivity contribution in [3.8, 4) is 0 Å². The van der Waals surface area contributed by atoms with Gasteiger partial charge in [0.1, 0.15) is 0 Å². The molecule has 0 atom stereocenters. The number of aliphatic hydroxyl groups excluding tert-OH is 1. The van der Waals surface area contributed by atoms with E-state index in [0.717, 1.165) is 25.2 Å². The van der Waals surface area contributed by atoms with Crippen LogP contribution in [0, 0.1) is 5.41 Å². The number of carbonyl (C=O) groups excluding carboxylic acids is 1.